The normalized spacial score (nSPS) is 11.8. The molecular weight excluding hydrogens is 420 g/mol. The van der Waals surface area contributed by atoms with Gasteiger partial charge in [0.25, 0.3) is 5.91 Å². The van der Waals surface area contributed by atoms with Gasteiger partial charge in [0, 0.05) is 23.2 Å². The molecule has 2 amide bonds. The van der Waals surface area contributed by atoms with Gasteiger partial charge in [0.1, 0.15) is 5.76 Å². The molecule has 2 heterocycles. The van der Waals surface area contributed by atoms with Crippen LogP contribution in [0.1, 0.15) is 22.5 Å². The van der Waals surface area contributed by atoms with E-state index in [0.29, 0.717) is 21.5 Å². The molecule has 0 unspecified atom stereocenters. The lowest BCUT2D eigenvalue weighted by Crippen LogP contribution is -2.35. The quantitative estimate of drug-likeness (QED) is 0.520. The Labute approximate surface area is 174 Å². The van der Waals surface area contributed by atoms with Crippen molar-refractivity contribution >= 4 is 52.2 Å². The molecule has 3 aromatic rings. The Morgan fingerprint density at radius 3 is 2.89 bits per heavy atom. The molecule has 0 spiro atoms. The Morgan fingerprint density at radius 2 is 2.14 bits per heavy atom. The molecule has 146 valence electrons. The maximum absolute atomic E-state index is 12.2. The molecule has 0 saturated carbocycles. The van der Waals surface area contributed by atoms with Gasteiger partial charge in [-0.1, -0.05) is 40.8 Å². The smallest absolute Gasteiger partial charge is 0.286 e. The molecule has 2 N–H and O–H groups in total. The van der Waals surface area contributed by atoms with Crippen molar-refractivity contribution in [2.24, 2.45) is 0 Å². The Balaban J connectivity index is 1.46. The molecular formula is C18H17ClN4O3S2. The molecule has 0 aliphatic heterocycles. The Kier molecular flexibility index (Phi) is 7.07. The molecule has 1 atom stereocenters. The van der Waals surface area contributed by atoms with Gasteiger partial charge in [-0.15, -0.1) is 10.2 Å². The van der Waals surface area contributed by atoms with Crippen molar-refractivity contribution in [3.8, 4) is 0 Å². The summed E-state index contributed by atoms with van der Waals surface area (Å²) in [5.41, 5.74) is 0.576. The molecule has 2 aromatic heterocycles. The van der Waals surface area contributed by atoms with E-state index in [1.165, 1.54) is 11.8 Å². The van der Waals surface area contributed by atoms with Gasteiger partial charge in [0.2, 0.25) is 10.9 Å². The number of nitrogens with zero attached hydrogens (tertiary/aromatic N) is 2. The number of benzene rings is 1. The van der Waals surface area contributed by atoms with Gasteiger partial charge in [0.05, 0.1) is 12.0 Å². The number of hydrogen-bond acceptors (Lipinski definition) is 7. The Morgan fingerprint density at radius 1 is 1.29 bits per heavy atom. The maximum atomic E-state index is 12.2. The number of carbonyl (C=O) groups is 2. The molecule has 28 heavy (non-hydrogen) atoms. The summed E-state index contributed by atoms with van der Waals surface area (Å²) >= 11 is 8.27. The van der Waals surface area contributed by atoms with Crippen LogP contribution in [0.15, 0.2) is 51.4 Å². The predicted molar refractivity (Wildman–Crippen MR) is 110 cm³/mol. The number of thioether (sulfide) groups is 1. The van der Waals surface area contributed by atoms with Crippen molar-refractivity contribution < 1.29 is 14.0 Å². The zero-order valence-electron chi connectivity index (χ0n) is 14.8. The number of amides is 2. The molecule has 0 radical (unpaired) electrons. The number of nitrogens with one attached hydrogen (secondary N) is 2. The van der Waals surface area contributed by atoms with Gasteiger partial charge < -0.3 is 15.1 Å². The molecule has 0 aliphatic carbocycles. The van der Waals surface area contributed by atoms with E-state index in [9.17, 15) is 9.59 Å². The second-order valence-electron chi connectivity index (χ2n) is 5.88. The number of carbonyl (C=O) groups excluding carboxylic acids is 2. The maximum Gasteiger partial charge on any atom is 0.286 e. The highest BCUT2D eigenvalue weighted by Gasteiger charge is 2.15. The van der Waals surface area contributed by atoms with Gasteiger partial charge in [-0.05, 0) is 37.3 Å². The third-order valence-electron chi connectivity index (χ3n) is 3.50. The predicted octanol–water partition coefficient (Wildman–Crippen LogP) is 3.88. The summed E-state index contributed by atoms with van der Waals surface area (Å²) in [4.78, 5) is 24.3. The van der Waals surface area contributed by atoms with Crippen LogP contribution in [-0.4, -0.2) is 33.8 Å². The van der Waals surface area contributed by atoms with Crippen molar-refractivity contribution in [2.75, 3.05) is 11.1 Å². The molecule has 1 aromatic carbocycles. The first kappa shape index (κ1) is 20.4. The fraction of sp³-hybridized carbons (Fsp3) is 0.222. The van der Waals surface area contributed by atoms with E-state index < -0.39 is 0 Å². The molecule has 0 fully saturated rings. The highest BCUT2D eigenvalue weighted by Crippen LogP contribution is 2.23. The van der Waals surface area contributed by atoms with Crippen LogP contribution >= 0.6 is 34.7 Å². The average Bonchev–Trinajstić information content (AvgIpc) is 3.31. The molecule has 10 heteroatoms. The zero-order chi connectivity index (χ0) is 19.9. The fourth-order valence-corrected chi connectivity index (χ4v) is 4.08. The largest absolute Gasteiger partial charge is 0.469 e. The van der Waals surface area contributed by atoms with Gasteiger partial charge in [-0.25, -0.2) is 0 Å². The lowest BCUT2D eigenvalue weighted by Gasteiger charge is -2.11. The SMILES string of the molecule is C[C@@H](Cc1ccco1)NC(=O)CSc1nnc(C(=O)Nc2cccc(Cl)c2)s1. The van der Waals surface area contributed by atoms with E-state index in [0.717, 1.165) is 17.1 Å². The van der Waals surface area contributed by atoms with Crippen LogP contribution in [0, 0.1) is 0 Å². The summed E-state index contributed by atoms with van der Waals surface area (Å²) in [5.74, 6) is 0.514. The van der Waals surface area contributed by atoms with E-state index in [1.54, 1.807) is 30.5 Å². The average molecular weight is 437 g/mol. The van der Waals surface area contributed by atoms with Crippen LogP contribution < -0.4 is 10.6 Å². The van der Waals surface area contributed by atoms with E-state index in [1.807, 2.05) is 19.1 Å². The zero-order valence-corrected chi connectivity index (χ0v) is 17.2. The van der Waals surface area contributed by atoms with Gasteiger partial charge in [-0.3, -0.25) is 9.59 Å². The first-order chi connectivity index (χ1) is 13.5. The number of hydrogen-bond donors (Lipinski definition) is 2. The lowest BCUT2D eigenvalue weighted by atomic mass is 10.2. The van der Waals surface area contributed by atoms with Crippen LogP contribution in [0.3, 0.4) is 0 Å². The van der Waals surface area contributed by atoms with Crippen LogP contribution in [-0.2, 0) is 11.2 Å². The summed E-state index contributed by atoms with van der Waals surface area (Å²) in [6.45, 7) is 1.91. The number of aromatic nitrogens is 2. The van der Waals surface area contributed by atoms with Gasteiger partial charge in [-0.2, -0.15) is 0 Å². The van der Waals surface area contributed by atoms with Crippen LogP contribution in [0.25, 0.3) is 0 Å². The number of furan rings is 1. The van der Waals surface area contributed by atoms with Crippen molar-refractivity contribution in [1.29, 1.82) is 0 Å². The Hall–Kier alpha value is -2.36. The lowest BCUT2D eigenvalue weighted by molar-refractivity contribution is -0.119. The highest BCUT2D eigenvalue weighted by atomic mass is 35.5. The summed E-state index contributed by atoms with van der Waals surface area (Å²) in [6, 6.07) is 10.5. The highest BCUT2D eigenvalue weighted by molar-refractivity contribution is 8.01. The van der Waals surface area contributed by atoms with Crippen LogP contribution in [0.2, 0.25) is 5.02 Å². The summed E-state index contributed by atoms with van der Waals surface area (Å²) < 4.78 is 5.82. The van der Waals surface area contributed by atoms with Crippen molar-refractivity contribution in [3.05, 3.63) is 58.5 Å². The van der Waals surface area contributed by atoms with Crippen molar-refractivity contribution in [3.63, 3.8) is 0 Å². The molecule has 0 aliphatic rings. The number of halogens is 1. The van der Waals surface area contributed by atoms with Crippen LogP contribution in [0.4, 0.5) is 5.69 Å². The van der Waals surface area contributed by atoms with E-state index >= 15 is 0 Å². The molecule has 7 nitrogen and oxygen atoms in total. The third kappa shape index (κ3) is 6.08. The monoisotopic (exact) mass is 436 g/mol. The summed E-state index contributed by atoms with van der Waals surface area (Å²) in [5, 5.41) is 14.2. The number of anilines is 1. The minimum absolute atomic E-state index is 0.0484. The van der Waals surface area contributed by atoms with E-state index in [-0.39, 0.29) is 28.6 Å². The van der Waals surface area contributed by atoms with E-state index in [2.05, 4.69) is 20.8 Å². The van der Waals surface area contributed by atoms with Crippen LogP contribution in [0.5, 0.6) is 0 Å². The number of rotatable bonds is 8. The fourth-order valence-electron chi connectivity index (χ4n) is 2.34. The second-order valence-corrected chi connectivity index (χ2v) is 8.51. The first-order valence-corrected chi connectivity index (χ1v) is 10.5. The minimum atomic E-state index is -0.372. The molecule has 0 saturated heterocycles. The van der Waals surface area contributed by atoms with Gasteiger partial charge >= 0.3 is 0 Å². The standard InChI is InChI=1S/C18H17ClN4O3S2/c1-11(8-14-6-3-7-26-14)20-15(24)10-27-18-23-22-17(28-18)16(25)21-13-5-2-4-12(19)9-13/h2-7,9,11H,8,10H2,1H3,(H,20,24)(H,21,25)/t11-/m0/s1. The Bertz CT molecular complexity index is 946. The first-order valence-electron chi connectivity index (χ1n) is 8.34. The summed E-state index contributed by atoms with van der Waals surface area (Å²) in [6.07, 6.45) is 2.23. The molecule has 3 rings (SSSR count). The topological polar surface area (TPSA) is 97.1 Å². The summed E-state index contributed by atoms with van der Waals surface area (Å²) in [7, 11) is 0. The minimum Gasteiger partial charge on any atom is -0.469 e. The van der Waals surface area contributed by atoms with Crippen molar-refractivity contribution in [1.82, 2.24) is 15.5 Å². The van der Waals surface area contributed by atoms with Crippen molar-refractivity contribution in [2.45, 2.75) is 23.7 Å². The molecule has 0 bridgehead atoms. The third-order valence-corrected chi connectivity index (χ3v) is 5.80. The second kappa shape index (κ2) is 9.72. The van der Waals surface area contributed by atoms with Gasteiger partial charge in [0.15, 0.2) is 4.34 Å². The van der Waals surface area contributed by atoms with E-state index in [4.69, 9.17) is 16.0 Å².